The van der Waals surface area contributed by atoms with Gasteiger partial charge in [0.15, 0.2) is 5.54 Å². The Hall–Kier alpha value is -2.18. The van der Waals surface area contributed by atoms with Crippen LogP contribution in [0.4, 0.5) is 0 Å². The lowest BCUT2D eigenvalue weighted by atomic mass is 9.98. The molecule has 8 nitrogen and oxygen atoms in total. The average Bonchev–Trinajstić information content (AvgIpc) is 2.48. The van der Waals surface area contributed by atoms with Crippen LogP contribution in [0.25, 0.3) is 10.4 Å². The summed E-state index contributed by atoms with van der Waals surface area (Å²) in [6.45, 7) is 4.59. The number of ether oxygens (including phenoxy) is 1. The zero-order chi connectivity index (χ0) is 14.8. The van der Waals surface area contributed by atoms with E-state index < -0.39 is 11.5 Å². The van der Waals surface area contributed by atoms with E-state index in [0.29, 0.717) is 25.2 Å². The first-order valence-electron chi connectivity index (χ1n) is 6.34. The molecule has 0 aliphatic rings. The zero-order valence-corrected chi connectivity index (χ0v) is 11.6. The molecule has 8 heteroatoms. The predicted molar refractivity (Wildman–Crippen MR) is 72.6 cm³/mol. The minimum absolute atomic E-state index is 0.287. The Morgan fingerprint density at radius 1 is 1.60 bits per heavy atom. The lowest BCUT2D eigenvalue weighted by Gasteiger charge is -2.27. The van der Waals surface area contributed by atoms with Crippen molar-refractivity contribution >= 4 is 5.97 Å². The highest BCUT2D eigenvalue weighted by molar-refractivity contribution is 5.81. The van der Waals surface area contributed by atoms with E-state index in [9.17, 15) is 4.79 Å². The van der Waals surface area contributed by atoms with Crippen LogP contribution in [0.5, 0.6) is 0 Å². The third kappa shape index (κ3) is 4.18. The van der Waals surface area contributed by atoms with Gasteiger partial charge in [-0.3, -0.25) is 15.3 Å². The van der Waals surface area contributed by atoms with E-state index in [-0.39, 0.29) is 6.61 Å². The van der Waals surface area contributed by atoms with Crippen LogP contribution >= 0.6 is 0 Å². The Balaban J connectivity index is 2.79. The number of nitrogens with one attached hydrogen (secondary N) is 1. The molecule has 0 saturated heterocycles. The number of azide groups is 1. The van der Waals surface area contributed by atoms with Gasteiger partial charge in [0, 0.05) is 23.9 Å². The number of aromatic nitrogens is 2. The van der Waals surface area contributed by atoms with Gasteiger partial charge in [-0.1, -0.05) is 5.11 Å². The van der Waals surface area contributed by atoms with Crippen LogP contribution in [0.15, 0.2) is 23.7 Å². The predicted octanol–water partition coefficient (Wildman–Crippen LogP) is 1.54. The van der Waals surface area contributed by atoms with E-state index in [1.807, 2.05) is 0 Å². The van der Waals surface area contributed by atoms with Crippen LogP contribution < -0.4 is 5.32 Å². The summed E-state index contributed by atoms with van der Waals surface area (Å²) in [6, 6.07) is 0. The number of carbonyl (C=O) groups excluding carboxylic acids is 1. The van der Waals surface area contributed by atoms with Crippen molar-refractivity contribution in [1.82, 2.24) is 15.3 Å². The van der Waals surface area contributed by atoms with E-state index in [1.165, 1.54) is 18.6 Å². The Morgan fingerprint density at radius 3 is 3.00 bits per heavy atom. The third-order valence-electron chi connectivity index (χ3n) is 2.74. The normalized spacial score (nSPS) is 13.1. The highest BCUT2D eigenvalue weighted by Crippen LogP contribution is 2.19. The van der Waals surface area contributed by atoms with E-state index in [0.717, 1.165) is 0 Å². The van der Waals surface area contributed by atoms with Gasteiger partial charge >= 0.3 is 5.97 Å². The topological polar surface area (TPSA) is 113 Å². The molecule has 0 bridgehead atoms. The number of carbonyl (C=O) groups is 1. The first-order valence-corrected chi connectivity index (χ1v) is 6.34. The van der Waals surface area contributed by atoms with E-state index >= 15 is 0 Å². The Kier molecular flexibility index (Phi) is 6.42. The number of hydrogen-bond donors (Lipinski definition) is 1. The van der Waals surface area contributed by atoms with Crippen molar-refractivity contribution in [3.05, 3.63) is 34.7 Å². The summed E-state index contributed by atoms with van der Waals surface area (Å²) in [4.78, 5) is 23.0. The molecule has 1 aromatic rings. The summed E-state index contributed by atoms with van der Waals surface area (Å²) in [6.07, 6.45) is 5.20. The second-order valence-electron chi connectivity index (χ2n) is 4.17. The molecule has 108 valence electrons. The lowest BCUT2D eigenvalue weighted by molar-refractivity contribution is -0.151. The first-order chi connectivity index (χ1) is 9.65. The summed E-state index contributed by atoms with van der Waals surface area (Å²) in [5.74, 6) is -0.413. The maximum atomic E-state index is 12.2. The number of hydrogen-bond acceptors (Lipinski definition) is 6. The smallest absolute Gasteiger partial charge is 0.332 e. The number of rotatable bonds is 8. The monoisotopic (exact) mass is 278 g/mol. The molecule has 0 aliphatic carbocycles. The van der Waals surface area contributed by atoms with Gasteiger partial charge in [0.25, 0.3) is 0 Å². The minimum Gasteiger partial charge on any atom is -0.464 e. The van der Waals surface area contributed by atoms with Crippen molar-refractivity contribution in [2.75, 3.05) is 19.7 Å². The van der Waals surface area contributed by atoms with Gasteiger partial charge in [-0.25, -0.2) is 4.79 Å². The molecular formula is C12H18N6O2. The molecule has 0 spiro atoms. The summed E-state index contributed by atoms with van der Waals surface area (Å²) >= 11 is 0. The van der Waals surface area contributed by atoms with Crippen molar-refractivity contribution < 1.29 is 9.53 Å². The Labute approximate surface area is 117 Å². The average molecular weight is 278 g/mol. The largest absolute Gasteiger partial charge is 0.464 e. The highest BCUT2D eigenvalue weighted by Gasteiger charge is 2.37. The molecule has 1 atom stereocenters. The maximum absolute atomic E-state index is 12.2. The first kappa shape index (κ1) is 15.9. The van der Waals surface area contributed by atoms with Crippen LogP contribution in [0.2, 0.25) is 0 Å². The molecule has 20 heavy (non-hydrogen) atoms. The van der Waals surface area contributed by atoms with Gasteiger partial charge < -0.3 is 4.74 Å². The Morgan fingerprint density at radius 2 is 2.40 bits per heavy atom. The van der Waals surface area contributed by atoms with Crippen LogP contribution in [0, 0.1) is 0 Å². The highest BCUT2D eigenvalue weighted by atomic mass is 16.5. The number of nitrogens with zero attached hydrogens (tertiary/aromatic N) is 5. The quantitative estimate of drug-likeness (QED) is 0.255. The second-order valence-corrected chi connectivity index (χ2v) is 4.17. The van der Waals surface area contributed by atoms with Crippen LogP contribution in [0.1, 0.15) is 26.0 Å². The molecule has 1 rings (SSSR count). The van der Waals surface area contributed by atoms with Crippen molar-refractivity contribution in [3.63, 3.8) is 0 Å². The van der Waals surface area contributed by atoms with Gasteiger partial charge in [-0.05, 0) is 32.3 Å². The molecule has 1 heterocycles. The molecule has 0 aliphatic heterocycles. The van der Waals surface area contributed by atoms with Gasteiger partial charge in [0.05, 0.1) is 18.5 Å². The van der Waals surface area contributed by atoms with E-state index in [2.05, 4.69) is 25.3 Å². The fraction of sp³-hybridized carbons (Fsp3) is 0.583. The second kappa shape index (κ2) is 8.08. The summed E-state index contributed by atoms with van der Waals surface area (Å²) in [5.41, 5.74) is 7.63. The maximum Gasteiger partial charge on any atom is 0.332 e. The van der Waals surface area contributed by atoms with Gasteiger partial charge in [-0.2, -0.15) is 0 Å². The lowest BCUT2D eigenvalue weighted by Crippen LogP contribution is -2.48. The van der Waals surface area contributed by atoms with Crippen molar-refractivity contribution in [1.29, 1.82) is 0 Å². The summed E-state index contributed by atoms with van der Waals surface area (Å²) in [5, 5.41) is 6.54. The molecule has 0 radical (unpaired) electrons. The zero-order valence-electron chi connectivity index (χ0n) is 11.6. The van der Waals surface area contributed by atoms with Crippen molar-refractivity contribution in [3.8, 4) is 0 Å². The minimum atomic E-state index is -1.07. The molecule has 1 N–H and O–H groups in total. The molecule has 1 aromatic heterocycles. The molecule has 0 amide bonds. The van der Waals surface area contributed by atoms with E-state index in [1.54, 1.807) is 13.8 Å². The SMILES string of the molecule is CCOC(=O)C(C)(NCCCN=[N+]=[N-])c1cnccn1. The van der Waals surface area contributed by atoms with Crippen LogP contribution in [0.3, 0.4) is 0 Å². The van der Waals surface area contributed by atoms with Gasteiger partial charge in [0.1, 0.15) is 0 Å². The van der Waals surface area contributed by atoms with Crippen LogP contribution in [-0.4, -0.2) is 35.6 Å². The Bertz CT molecular complexity index is 474. The van der Waals surface area contributed by atoms with Gasteiger partial charge in [0.2, 0.25) is 0 Å². The molecule has 1 unspecified atom stereocenters. The molecule has 0 fully saturated rings. The number of esters is 1. The van der Waals surface area contributed by atoms with Crippen LogP contribution in [-0.2, 0) is 15.1 Å². The summed E-state index contributed by atoms with van der Waals surface area (Å²) in [7, 11) is 0. The molecular weight excluding hydrogens is 260 g/mol. The molecule has 0 aromatic carbocycles. The fourth-order valence-electron chi connectivity index (χ4n) is 1.63. The third-order valence-corrected chi connectivity index (χ3v) is 2.74. The summed E-state index contributed by atoms with van der Waals surface area (Å²) < 4.78 is 5.09. The van der Waals surface area contributed by atoms with E-state index in [4.69, 9.17) is 10.3 Å². The molecule has 0 saturated carbocycles. The fourth-order valence-corrected chi connectivity index (χ4v) is 1.63. The van der Waals surface area contributed by atoms with Gasteiger partial charge in [-0.15, -0.1) is 0 Å². The standard InChI is InChI=1S/C12H18N6O2/c1-3-20-11(19)12(2,10-9-14-7-8-15-10)16-5-4-6-17-18-13/h7-9,16H,3-6H2,1-2H3. The van der Waals surface area contributed by atoms with Crippen molar-refractivity contribution in [2.24, 2.45) is 5.11 Å². The van der Waals surface area contributed by atoms with Crippen molar-refractivity contribution in [2.45, 2.75) is 25.8 Å².